The Balaban J connectivity index is 1.87. The van der Waals surface area contributed by atoms with Crippen LogP contribution < -0.4 is 10.1 Å². The van der Waals surface area contributed by atoms with Crippen LogP contribution in [0.15, 0.2) is 57.7 Å². The Morgan fingerprint density at radius 1 is 1.06 bits per heavy atom. The van der Waals surface area contributed by atoms with Crippen LogP contribution in [0.1, 0.15) is 38.8 Å². The Kier molecular flexibility index (Phi) is 6.70. The number of hydrogen-bond donors (Lipinski definition) is 1. The van der Waals surface area contributed by atoms with Gasteiger partial charge in [0.15, 0.2) is 0 Å². The van der Waals surface area contributed by atoms with Crippen molar-refractivity contribution in [1.29, 1.82) is 0 Å². The second-order valence-electron chi connectivity index (χ2n) is 7.83. The first kappa shape index (κ1) is 23.0. The molecule has 7 heteroatoms. The van der Waals surface area contributed by atoms with Crippen LogP contribution in [0, 0.1) is 0 Å². The number of ether oxygens (including phenoxy) is 2. The van der Waals surface area contributed by atoms with E-state index in [4.69, 9.17) is 21.7 Å². The van der Waals surface area contributed by atoms with Gasteiger partial charge in [0.2, 0.25) is 0 Å². The summed E-state index contributed by atoms with van der Waals surface area (Å²) in [5.41, 5.74) is 3.56. The van der Waals surface area contributed by atoms with E-state index in [9.17, 15) is 4.79 Å². The molecule has 0 aliphatic carbocycles. The van der Waals surface area contributed by atoms with Crippen LogP contribution in [-0.4, -0.2) is 29.6 Å². The predicted octanol–water partition coefficient (Wildman–Crippen LogP) is 6.74. The highest BCUT2D eigenvalue weighted by atomic mass is 32.2. The van der Waals surface area contributed by atoms with Gasteiger partial charge in [0.05, 0.1) is 23.0 Å². The summed E-state index contributed by atoms with van der Waals surface area (Å²) in [5.74, 6) is 0.491. The van der Waals surface area contributed by atoms with Crippen molar-refractivity contribution < 1.29 is 14.3 Å². The predicted molar refractivity (Wildman–Crippen MR) is 140 cm³/mol. The average molecular weight is 484 g/mol. The number of thioether (sulfide) groups is 2. The molecule has 4 rings (SSSR count). The van der Waals surface area contributed by atoms with E-state index >= 15 is 0 Å². The van der Waals surface area contributed by atoms with Crippen LogP contribution >= 0.6 is 35.7 Å². The lowest BCUT2D eigenvalue weighted by molar-refractivity contribution is -0.137. The second-order valence-corrected chi connectivity index (χ2v) is 10.5. The van der Waals surface area contributed by atoms with Gasteiger partial charge < -0.3 is 14.8 Å². The molecule has 2 aromatic carbocycles. The molecule has 2 aliphatic rings. The minimum absolute atomic E-state index is 0.304. The summed E-state index contributed by atoms with van der Waals surface area (Å²) in [4.78, 5) is 15.2. The average Bonchev–Trinajstić information content (AvgIpc) is 3.21. The normalized spacial score (nSPS) is 19.4. The zero-order chi connectivity index (χ0) is 22.9. The Labute approximate surface area is 202 Å². The van der Waals surface area contributed by atoms with Crippen molar-refractivity contribution in [2.24, 2.45) is 0 Å². The molecule has 0 bridgehead atoms. The Morgan fingerprint density at radius 3 is 2.50 bits per heavy atom. The van der Waals surface area contributed by atoms with Crippen LogP contribution in [0.5, 0.6) is 5.75 Å². The van der Waals surface area contributed by atoms with Gasteiger partial charge in [0.25, 0.3) is 0 Å². The van der Waals surface area contributed by atoms with Gasteiger partial charge in [-0.15, -0.1) is 0 Å². The van der Waals surface area contributed by atoms with E-state index < -0.39 is 5.54 Å². The molecule has 0 spiro atoms. The highest BCUT2D eigenvalue weighted by molar-refractivity contribution is 8.32. The number of carbonyl (C=O) groups excluding carboxylic acids is 1. The van der Waals surface area contributed by atoms with Gasteiger partial charge in [0.1, 0.15) is 10.7 Å². The lowest BCUT2D eigenvalue weighted by atomic mass is 9.85. The number of anilines is 1. The third kappa shape index (κ3) is 4.34. The maximum atomic E-state index is 12.8. The van der Waals surface area contributed by atoms with Crippen LogP contribution in [-0.2, 0) is 9.53 Å². The third-order valence-electron chi connectivity index (χ3n) is 5.11. The zero-order valence-electron chi connectivity index (χ0n) is 18.5. The van der Waals surface area contributed by atoms with Crippen molar-refractivity contribution in [1.82, 2.24) is 0 Å². The molecule has 0 saturated heterocycles. The van der Waals surface area contributed by atoms with Gasteiger partial charge >= 0.3 is 5.97 Å². The van der Waals surface area contributed by atoms with Gasteiger partial charge in [0, 0.05) is 26.6 Å². The molecule has 2 aromatic rings. The van der Waals surface area contributed by atoms with E-state index in [1.54, 1.807) is 11.8 Å². The molecule has 2 heterocycles. The number of thiocarbonyl (C=S) groups is 1. The molecule has 2 aliphatic heterocycles. The molecule has 0 unspecified atom stereocenters. The molecular weight excluding hydrogens is 458 g/mol. The monoisotopic (exact) mass is 483 g/mol. The minimum atomic E-state index is -0.404. The molecule has 0 radical (unpaired) electrons. The molecule has 0 atom stereocenters. The highest BCUT2D eigenvalue weighted by Crippen LogP contribution is 2.58. The maximum Gasteiger partial charge on any atom is 0.346 e. The molecule has 0 saturated carbocycles. The van der Waals surface area contributed by atoms with Gasteiger partial charge in [-0.05, 0) is 51.5 Å². The maximum absolute atomic E-state index is 12.8. The van der Waals surface area contributed by atoms with Crippen molar-refractivity contribution >= 4 is 62.7 Å². The lowest BCUT2D eigenvalue weighted by Gasteiger charge is -2.37. The van der Waals surface area contributed by atoms with Crippen LogP contribution in [0.3, 0.4) is 0 Å². The van der Waals surface area contributed by atoms with Crippen molar-refractivity contribution in [2.75, 3.05) is 18.5 Å². The Bertz CT molecular complexity index is 1140. The number of carbonyl (C=O) groups is 1. The molecule has 4 nitrogen and oxygen atoms in total. The third-order valence-corrected chi connectivity index (χ3v) is 8.45. The standard InChI is InChI=1S/C25H25NO3S3/c1-5-28-16-12-13-18-17(14-16)19(22(30)25(3,4)26-18)24-31-20(15-10-8-7-9-11-15)21(32-24)23(27)29-6-2/h7-14,26H,5-6H2,1-4H3/b24-19-. The first-order chi connectivity index (χ1) is 15.4. The number of nitrogens with one attached hydrogen (secondary N) is 1. The fourth-order valence-electron chi connectivity index (χ4n) is 3.64. The second kappa shape index (κ2) is 9.33. The molecule has 1 N–H and O–H groups in total. The minimum Gasteiger partial charge on any atom is -0.494 e. The molecule has 0 fully saturated rings. The Morgan fingerprint density at radius 2 is 1.81 bits per heavy atom. The summed E-state index contributed by atoms with van der Waals surface area (Å²) >= 11 is 9.00. The fourth-order valence-corrected chi connectivity index (χ4v) is 6.73. The lowest BCUT2D eigenvalue weighted by Crippen LogP contribution is -2.43. The van der Waals surface area contributed by atoms with E-state index in [0.717, 1.165) is 42.1 Å². The summed E-state index contributed by atoms with van der Waals surface area (Å²) in [6.07, 6.45) is 0. The molecule has 166 valence electrons. The summed E-state index contributed by atoms with van der Waals surface area (Å²) in [5, 5.41) is 3.55. The van der Waals surface area contributed by atoms with Gasteiger partial charge in [-0.2, -0.15) is 0 Å². The van der Waals surface area contributed by atoms with Crippen LogP contribution in [0.4, 0.5) is 5.69 Å². The van der Waals surface area contributed by atoms with Crippen LogP contribution in [0.25, 0.3) is 10.5 Å². The van der Waals surface area contributed by atoms with E-state index in [0.29, 0.717) is 18.1 Å². The van der Waals surface area contributed by atoms with E-state index in [-0.39, 0.29) is 5.97 Å². The van der Waals surface area contributed by atoms with Crippen molar-refractivity contribution in [3.63, 3.8) is 0 Å². The van der Waals surface area contributed by atoms with E-state index in [1.165, 1.54) is 11.8 Å². The number of rotatable bonds is 5. The number of fused-ring (bicyclic) bond motifs is 1. The smallest absolute Gasteiger partial charge is 0.346 e. The van der Waals surface area contributed by atoms with E-state index in [1.807, 2.05) is 62.4 Å². The summed E-state index contributed by atoms with van der Waals surface area (Å²) < 4.78 is 12.1. The molecular formula is C25H25NO3S3. The number of esters is 1. The molecule has 0 amide bonds. The first-order valence-electron chi connectivity index (χ1n) is 10.5. The first-order valence-corrected chi connectivity index (χ1v) is 12.6. The largest absolute Gasteiger partial charge is 0.494 e. The van der Waals surface area contributed by atoms with Crippen molar-refractivity contribution in [3.8, 4) is 5.75 Å². The number of benzene rings is 2. The molecule has 32 heavy (non-hydrogen) atoms. The van der Waals surface area contributed by atoms with Crippen molar-refractivity contribution in [3.05, 3.63) is 68.8 Å². The van der Waals surface area contributed by atoms with Crippen molar-refractivity contribution in [2.45, 2.75) is 33.2 Å². The summed E-state index contributed by atoms with van der Waals surface area (Å²) in [6, 6.07) is 16.0. The fraction of sp³-hybridized carbons (Fsp3) is 0.280. The highest BCUT2D eigenvalue weighted by Gasteiger charge is 2.39. The summed E-state index contributed by atoms with van der Waals surface area (Å²) in [6.45, 7) is 8.87. The topological polar surface area (TPSA) is 47.6 Å². The molecule has 0 aromatic heterocycles. The van der Waals surface area contributed by atoms with Crippen LogP contribution in [0.2, 0.25) is 0 Å². The van der Waals surface area contributed by atoms with E-state index in [2.05, 4.69) is 19.2 Å². The quantitative estimate of drug-likeness (QED) is 0.287. The number of hydrogen-bond acceptors (Lipinski definition) is 7. The van der Waals surface area contributed by atoms with Gasteiger partial charge in [-0.3, -0.25) is 0 Å². The zero-order valence-corrected chi connectivity index (χ0v) is 20.9. The van der Waals surface area contributed by atoms with Gasteiger partial charge in [-0.25, -0.2) is 4.79 Å². The summed E-state index contributed by atoms with van der Waals surface area (Å²) in [7, 11) is 0. The Hall–Kier alpha value is -2.22. The van der Waals surface area contributed by atoms with Gasteiger partial charge in [-0.1, -0.05) is 66.1 Å². The SMILES string of the molecule is CCOC(=O)C1=C(c2ccccc2)S/C(=C2/C(=S)C(C)(C)Nc3ccc(OCC)cc32)S1.